The van der Waals surface area contributed by atoms with E-state index in [9.17, 15) is 9.59 Å². The SMILES string of the molecule is CNC(=O)C1CCN(C(=O)CCCCCN)CC1. The van der Waals surface area contributed by atoms with Crippen LogP contribution < -0.4 is 11.1 Å². The molecule has 1 fully saturated rings. The minimum absolute atomic E-state index is 0.0799. The fourth-order valence-corrected chi connectivity index (χ4v) is 2.35. The maximum absolute atomic E-state index is 11.9. The molecule has 18 heavy (non-hydrogen) atoms. The van der Waals surface area contributed by atoms with Gasteiger partial charge in [-0.25, -0.2) is 0 Å². The zero-order valence-electron chi connectivity index (χ0n) is 11.3. The number of piperidine rings is 1. The topological polar surface area (TPSA) is 75.4 Å². The molecule has 0 saturated carbocycles. The van der Waals surface area contributed by atoms with Crippen LogP contribution in [0.25, 0.3) is 0 Å². The minimum atomic E-state index is 0.0799. The second-order valence-electron chi connectivity index (χ2n) is 4.87. The summed E-state index contributed by atoms with van der Waals surface area (Å²) in [6.07, 6.45) is 5.13. The maximum atomic E-state index is 11.9. The average molecular weight is 255 g/mol. The summed E-state index contributed by atoms with van der Waals surface area (Å²) >= 11 is 0. The van der Waals surface area contributed by atoms with Crippen molar-refractivity contribution in [2.24, 2.45) is 11.7 Å². The highest BCUT2D eigenvalue weighted by molar-refractivity contribution is 5.79. The van der Waals surface area contributed by atoms with Crippen LogP contribution >= 0.6 is 0 Å². The smallest absolute Gasteiger partial charge is 0.222 e. The van der Waals surface area contributed by atoms with Crippen molar-refractivity contribution in [3.63, 3.8) is 0 Å². The third-order valence-electron chi connectivity index (χ3n) is 3.56. The molecule has 1 heterocycles. The van der Waals surface area contributed by atoms with E-state index in [1.54, 1.807) is 7.05 Å². The molecule has 0 spiro atoms. The average Bonchev–Trinajstić information content (AvgIpc) is 2.42. The van der Waals surface area contributed by atoms with Gasteiger partial charge in [-0.2, -0.15) is 0 Å². The van der Waals surface area contributed by atoms with E-state index in [2.05, 4.69) is 5.32 Å². The van der Waals surface area contributed by atoms with E-state index in [0.717, 1.165) is 32.1 Å². The first-order chi connectivity index (χ1) is 8.69. The number of hydrogen-bond acceptors (Lipinski definition) is 3. The Bertz CT molecular complexity index is 273. The van der Waals surface area contributed by atoms with Crippen LogP contribution in [0.1, 0.15) is 38.5 Å². The van der Waals surface area contributed by atoms with E-state index >= 15 is 0 Å². The zero-order valence-corrected chi connectivity index (χ0v) is 11.3. The van der Waals surface area contributed by atoms with Gasteiger partial charge >= 0.3 is 0 Å². The third kappa shape index (κ3) is 4.64. The van der Waals surface area contributed by atoms with Gasteiger partial charge in [0.2, 0.25) is 11.8 Å². The summed E-state index contributed by atoms with van der Waals surface area (Å²) < 4.78 is 0. The molecule has 0 radical (unpaired) electrons. The molecule has 104 valence electrons. The lowest BCUT2D eigenvalue weighted by atomic mass is 9.95. The summed E-state index contributed by atoms with van der Waals surface area (Å²) in [6.45, 7) is 2.13. The predicted molar refractivity (Wildman–Crippen MR) is 70.9 cm³/mol. The van der Waals surface area contributed by atoms with E-state index in [4.69, 9.17) is 5.73 Å². The van der Waals surface area contributed by atoms with Crippen LogP contribution in [0.15, 0.2) is 0 Å². The van der Waals surface area contributed by atoms with Gasteiger partial charge in [-0.1, -0.05) is 6.42 Å². The Morgan fingerprint density at radius 3 is 2.44 bits per heavy atom. The number of amides is 2. The van der Waals surface area contributed by atoms with Crippen LogP contribution in [-0.4, -0.2) is 43.4 Å². The number of rotatable bonds is 6. The lowest BCUT2D eigenvalue weighted by Crippen LogP contribution is -2.42. The number of carbonyl (C=O) groups excluding carboxylic acids is 2. The Kier molecular flexibility index (Phi) is 6.72. The van der Waals surface area contributed by atoms with Crippen LogP contribution in [0.5, 0.6) is 0 Å². The molecule has 0 aromatic carbocycles. The molecule has 0 atom stereocenters. The van der Waals surface area contributed by atoms with Gasteiger partial charge in [0.15, 0.2) is 0 Å². The van der Waals surface area contributed by atoms with Crippen molar-refractivity contribution in [1.82, 2.24) is 10.2 Å². The van der Waals surface area contributed by atoms with Gasteiger partial charge in [-0.05, 0) is 32.2 Å². The molecule has 0 aromatic rings. The molecular formula is C13H25N3O2. The quantitative estimate of drug-likeness (QED) is 0.678. The van der Waals surface area contributed by atoms with Crippen molar-refractivity contribution in [2.45, 2.75) is 38.5 Å². The summed E-state index contributed by atoms with van der Waals surface area (Å²) in [5.41, 5.74) is 5.41. The number of unbranched alkanes of at least 4 members (excludes halogenated alkanes) is 2. The Hall–Kier alpha value is -1.10. The highest BCUT2D eigenvalue weighted by Gasteiger charge is 2.26. The standard InChI is InChI=1S/C13H25N3O2/c1-15-13(18)11-6-9-16(10-7-11)12(17)5-3-2-4-8-14/h11H,2-10,14H2,1H3,(H,15,18). The molecule has 3 N–H and O–H groups in total. The molecule has 1 aliphatic heterocycles. The normalized spacial score (nSPS) is 16.7. The van der Waals surface area contributed by atoms with Gasteiger partial charge in [0, 0.05) is 32.5 Å². The number of nitrogens with two attached hydrogens (primary N) is 1. The molecule has 0 bridgehead atoms. The van der Waals surface area contributed by atoms with Crippen molar-refractivity contribution < 1.29 is 9.59 Å². The highest BCUT2D eigenvalue weighted by Crippen LogP contribution is 2.18. The number of hydrogen-bond donors (Lipinski definition) is 2. The van der Waals surface area contributed by atoms with E-state index < -0.39 is 0 Å². The molecule has 2 amide bonds. The largest absolute Gasteiger partial charge is 0.359 e. The number of nitrogens with one attached hydrogen (secondary N) is 1. The van der Waals surface area contributed by atoms with Crippen molar-refractivity contribution >= 4 is 11.8 Å². The fraction of sp³-hybridized carbons (Fsp3) is 0.846. The number of carbonyl (C=O) groups is 2. The van der Waals surface area contributed by atoms with Gasteiger partial charge in [0.25, 0.3) is 0 Å². The molecule has 0 aromatic heterocycles. The molecule has 1 aliphatic rings. The van der Waals surface area contributed by atoms with Crippen LogP contribution in [0, 0.1) is 5.92 Å². The fourth-order valence-electron chi connectivity index (χ4n) is 2.35. The number of nitrogens with zero attached hydrogens (tertiary/aromatic N) is 1. The van der Waals surface area contributed by atoms with Crippen LogP contribution in [-0.2, 0) is 9.59 Å². The maximum Gasteiger partial charge on any atom is 0.222 e. The number of likely N-dealkylation sites (tertiary alicyclic amines) is 1. The van der Waals surface area contributed by atoms with E-state index in [1.807, 2.05) is 4.90 Å². The van der Waals surface area contributed by atoms with Gasteiger partial charge in [-0.15, -0.1) is 0 Å². The van der Waals surface area contributed by atoms with Crippen molar-refractivity contribution in [2.75, 3.05) is 26.7 Å². The Morgan fingerprint density at radius 1 is 1.22 bits per heavy atom. The first kappa shape index (κ1) is 15.0. The van der Waals surface area contributed by atoms with Crippen molar-refractivity contribution in [3.05, 3.63) is 0 Å². The molecule has 0 unspecified atom stereocenters. The zero-order chi connectivity index (χ0) is 13.4. The van der Waals surface area contributed by atoms with E-state index in [0.29, 0.717) is 26.1 Å². The molecular weight excluding hydrogens is 230 g/mol. The first-order valence-corrected chi connectivity index (χ1v) is 6.88. The van der Waals surface area contributed by atoms with Gasteiger partial charge in [0.05, 0.1) is 0 Å². The van der Waals surface area contributed by atoms with E-state index in [1.165, 1.54) is 0 Å². The third-order valence-corrected chi connectivity index (χ3v) is 3.56. The van der Waals surface area contributed by atoms with Crippen LogP contribution in [0.2, 0.25) is 0 Å². The molecule has 5 heteroatoms. The second kappa shape index (κ2) is 8.08. The highest BCUT2D eigenvalue weighted by atomic mass is 16.2. The van der Waals surface area contributed by atoms with Crippen molar-refractivity contribution in [1.29, 1.82) is 0 Å². The molecule has 0 aliphatic carbocycles. The Balaban J connectivity index is 2.21. The lowest BCUT2D eigenvalue weighted by Gasteiger charge is -2.31. The summed E-state index contributed by atoms with van der Waals surface area (Å²) in [5.74, 6) is 0.406. The van der Waals surface area contributed by atoms with Gasteiger partial charge in [-0.3, -0.25) is 9.59 Å². The molecule has 1 rings (SSSR count). The summed E-state index contributed by atoms with van der Waals surface area (Å²) in [5, 5.41) is 2.67. The van der Waals surface area contributed by atoms with E-state index in [-0.39, 0.29) is 17.7 Å². The molecule has 5 nitrogen and oxygen atoms in total. The second-order valence-corrected chi connectivity index (χ2v) is 4.87. The van der Waals surface area contributed by atoms with Crippen LogP contribution in [0.4, 0.5) is 0 Å². The van der Waals surface area contributed by atoms with Crippen LogP contribution in [0.3, 0.4) is 0 Å². The summed E-state index contributed by atoms with van der Waals surface area (Å²) in [4.78, 5) is 25.3. The summed E-state index contributed by atoms with van der Waals surface area (Å²) in [7, 11) is 1.66. The minimum Gasteiger partial charge on any atom is -0.359 e. The van der Waals surface area contributed by atoms with Crippen molar-refractivity contribution in [3.8, 4) is 0 Å². The monoisotopic (exact) mass is 255 g/mol. The van der Waals surface area contributed by atoms with Gasteiger partial charge in [0.1, 0.15) is 0 Å². The predicted octanol–water partition coefficient (Wildman–Crippen LogP) is 0.490. The lowest BCUT2D eigenvalue weighted by molar-refractivity contribution is -0.135. The molecule has 1 saturated heterocycles. The Labute approximate surface area is 109 Å². The Morgan fingerprint density at radius 2 is 1.89 bits per heavy atom. The first-order valence-electron chi connectivity index (χ1n) is 6.88. The van der Waals surface area contributed by atoms with Gasteiger partial charge < -0.3 is 16.0 Å². The summed E-state index contributed by atoms with van der Waals surface area (Å²) in [6, 6.07) is 0.